The van der Waals surface area contributed by atoms with Gasteiger partial charge in [-0.05, 0) is 73.2 Å². The predicted molar refractivity (Wildman–Crippen MR) is 155 cm³/mol. The summed E-state index contributed by atoms with van der Waals surface area (Å²) in [6, 6.07) is 25.0. The fourth-order valence-electron chi connectivity index (χ4n) is 4.97. The van der Waals surface area contributed by atoms with Crippen molar-refractivity contribution >= 4 is 27.7 Å². The average Bonchev–Trinajstić information content (AvgIpc) is 3.33. The van der Waals surface area contributed by atoms with Crippen molar-refractivity contribution in [3.05, 3.63) is 100 Å². The summed E-state index contributed by atoms with van der Waals surface area (Å²) in [5, 5.41) is 0. The Hall–Kier alpha value is -4.04. The van der Waals surface area contributed by atoms with E-state index in [9.17, 15) is 9.59 Å². The van der Waals surface area contributed by atoms with Gasteiger partial charge in [0.15, 0.2) is 0 Å². The summed E-state index contributed by atoms with van der Waals surface area (Å²) in [6.45, 7) is 3.88. The topological polar surface area (TPSA) is 64.0 Å². The highest BCUT2D eigenvalue weighted by Gasteiger charge is 2.28. The van der Waals surface area contributed by atoms with E-state index >= 15 is 0 Å². The summed E-state index contributed by atoms with van der Waals surface area (Å²) in [6.07, 6.45) is 0. The van der Waals surface area contributed by atoms with Gasteiger partial charge in [0.05, 0.1) is 25.5 Å². The third-order valence-corrected chi connectivity index (χ3v) is 7.59. The summed E-state index contributed by atoms with van der Waals surface area (Å²) in [4.78, 5) is 30.5. The molecule has 1 aliphatic heterocycles. The fraction of sp³-hybridized carbons (Fsp3) is 0.226. The zero-order valence-corrected chi connectivity index (χ0v) is 23.8. The van der Waals surface area contributed by atoms with Gasteiger partial charge in [-0.25, -0.2) is 0 Å². The van der Waals surface area contributed by atoms with Crippen LogP contribution in [0.25, 0.3) is 16.9 Å². The maximum atomic E-state index is 13.8. The molecule has 5 rings (SSSR count). The lowest BCUT2D eigenvalue weighted by Gasteiger charge is -2.35. The van der Waals surface area contributed by atoms with E-state index in [4.69, 9.17) is 9.47 Å². The van der Waals surface area contributed by atoms with Gasteiger partial charge in [-0.3, -0.25) is 9.59 Å². The number of nitrogens with zero attached hydrogens (tertiary/aromatic N) is 3. The molecule has 0 spiro atoms. The number of amides is 2. The molecule has 3 aromatic carbocycles. The van der Waals surface area contributed by atoms with Gasteiger partial charge < -0.3 is 23.8 Å². The molecule has 1 aromatic heterocycles. The Morgan fingerprint density at radius 2 is 1.38 bits per heavy atom. The molecule has 200 valence electrons. The Bertz CT molecular complexity index is 1500. The van der Waals surface area contributed by atoms with Crippen LogP contribution in [0, 0.1) is 6.92 Å². The summed E-state index contributed by atoms with van der Waals surface area (Å²) >= 11 is 3.43. The van der Waals surface area contributed by atoms with E-state index in [0.29, 0.717) is 37.3 Å². The number of hydrogen-bond acceptors (Lipinski definition) is 4. The lowest BCUT2D eigenvalue weighted by molar-refractivity contribution is 0.0535. The first-order chi connectivity index (χ1) is 18.9. The molecule has 0 bridgehead atoms. The Kier molecular flexibility index (Phi) is 7.74. The SMILES string of the molecule is COc1ccc(-c2cc(C(=O)N3CCN(C(=O)c4cccc(Br)c4)CC3)c(C)n2-c2cccc(OC)c2)cc1. The van der Waals surface area contributed by atoms with E-state index in [1.54, 1.807) is 14.2 Å². The van der Waals surface area contributed by atoms with Gasteiger partial charge in [0.25, 0.3) is 11.8 Å². The molecule has 4 aromatic rings. The van der Waals surface area contributed by atoms with Crippen molar-refractivity contribution in [1.29, 1.82) is 0 Å². The summed E-state index contributed by atoms with van der Waals surface area (Å²) in [5.74, 6) is 1.44. The lowest BCUT2D eigenvalue weighted by atomic mass is 10.1. The summed E-state index contributed by atoms with van der Waals surface area (Å²) < 4.78 is 13.8. The lowest BCUT2D eigenvalue weighted by Crippen LogP contribution is -2.50. The molecule has 2 amide bonds. The van der Waals surface area contributed by atoms with Gasteiger partial charge in [-0.2, -0.15) is 0 Å². The molecule has 0 aliphatic carbocycles. The van der Waals surface area contributed by atoms with E-state index in [1.807, 2.05) is 95.6 Å². The summed E-state index contributed by atoms with van der Waals surface area (Å²) in [5.41, 5.74) is 4.88. The molecule has 8 heteroatoms. The van der Waals surface area contributed by atoms with Crippen LogP contribution >= 0.6 is 15.9 Å². The molecular weight excluding hydrogens is 558 g/mol. The van der Waals surface area contributed by atoms with Crippen LogP contribution in [-0.2, 0) is 0 Å². The zero-order valence-electron chi connectivity index (χ0n) is 22.2. The molecular formula is C31H30BrN3O4. The van der Waals surface area contributed by atoms with E-state index in [-0.39, 0.29) is 11.8 Å². The van der Waals surface area contributed by atoms with Crippen LogP contribution in [-0.4, -0.2) is 66.6 Å². The minimum atomic E-state index is -0.0431. The number of aromatic nitrogens is 1. The van der Waals surface area contributed by atoms with Crippen molar-refractivity contribution in [1.82, 2.24) is 14.4 Å². The molecule has 2 heterocycles. The second-order valence-electron chi connectivity index (χ2n) is 9.39. The maximum absolute atomic E-state index is 13.8. The fourth-order valence-corrected chi connectivity index (χ4v) is 5.37. The van der Waals surface area contributed by atoms with E-state index in [2.05, 4.69) is 20.5 Å². The first kappa shape index (κ1) is 26.6. The van der Waals surface area contributed by atoms with Crippen LogP contribution < -0.4 is 9.47 Å². The predicted octanol–water partition coefficient (Wildman–Crippen LogP) is 5.83. The smallest absolute Gasteiger partial charge is 0.255 e. The van der Waals surface area contributed by atoms with Crippen LogP contribution in [0.1, 0.15) is 26.4 Å². The molecule has 1 fully saturated rings. The minimum Gasteiger partial charge on any atom is -0.497 e. The van der Waals surface area contributed by atoms with Crippen molar-refractivity contribution < 1.29 is 19.1 Å². The van der Waals surface area contributed by atoms with Crippen molar-refractivity contribution in [3.63, 3.8) is 0 Å². The second-order valence-corrected chi connectivity index (χ2v) is 10.3. The Morgan fingerprint density at radius 3 is 2.03 bits per heavy atom. The molecule has 0 saturated carbocycles. The Morgan fingerprint density at radius 1 is 0.744 bits per heavy atom. The number of carbonyl (C=O) groups excluding carboxylic acids is 2. The average molecular weight is 589 g/mol. The third kappa shape index (κ3) is 5.43. The molecule has 7 nitrogen and oxygen atoms in total. The van der Waals surface area contributed by atoms with E-state index in [1.165, 1.54) is 0 Å². The van der Waals surface area contributed by atoms with Gasteiger partial charge in [-0.1, -0.05) is 28.1 Å². The zero-order chi connectivity index (χ0) is 27.5. The molecule has 1 aliphatic rings. The number of benzene rings is 3. The first-order valence-electron chi connectivity index (χ1n) is 12.7. The van der Waals surface area contributed by atoms with E-state index < -0.39 is 0 Å². The van der Waals surface area contributed by atoms with Crippen LogP contribution in [0.4, 0.5) is 0 Å². The number of halogens is 1. The van der Waals surface area contributed by atoms with Gasteiger partial charge >= 0.3 is 0 Å². The van der Waals surface area contributed by atoms with Crippen LogP contribution in [0.15, 0.2) is 83.3 Å². The van der Waals surface area contributed by atoms with Crippen LogP contribution in [0.3, 0.4) is 0 Å². The number of rotatable bonds is 6. The Labute approximate surface area is 236 Å². The normalized spacial score (nSPS) is 13.3. The first-order valence-corrected chi connectivity index (χ1v) is 13.5. The monoisotopic (exact) mass is 587 g/mol. The van der Waals surface area contributed by atoms with Crippen molar-refractivity contribution in [2.45, 2.75) is 6.92 Å². The largest absolute Gasteiger partial charge is 0.497 e. The number of methoxy groups -OCH3 is 2. The summed E-state index contributed by atoms with van der Waals surface area (Å²) in [7, 11) is 3.28. The highest BCUT2D eigenvalue weighted by Crippen LogP contribution is 2.32. The van der Waals surface area contributed by atoms with Crippen LogP contribution in [0.2, 0.25) is 0 Å². The highest BCUT2D eigenvalue weighted by molar-refractivity contribution is 9.10. The molecule has 0 N–H and O–H groups in total. The minimum absolute atomic E-state index is 0.0226. The maximum Gasteiger partial charge on any atom is 0.255 e. The van der Waals surface area contributed by atoms with Crippen LogP contribution in [0.5, 0.6) is 11.5 Å². The number of hydrogen-bond donors (Lipinski definition) is 0. The Balaban J connectivity index is 1.43. The molecule has 39 heavy (non-hydrogen) atoms. The number of piperazine rings is 1. The van der Waals surface area contributed by atoms with Crippen molar-refractivity contribution in [3.8, 4) is 28.4 Å². The highest BCUT2D eigenvalue weighted by atomic mass is 79.9. The van der Waals surface area contributed by atoms with Crippen molar-refractivity contribution in [2.75, 3.05) is 40.4 Å². The number of carbonyl (C=O) groups is 2. The quantitative estimate of drug-likeness (QED) is 0.285. The second kappa shape index (κ2) is 11.4. The van der Waals surface area contributed by atoms with Gasteiger partial charge in [-0.15, -0.1) is 0 Å². The van der Waals surface area contributed by atoms with Gasteiger partial charge in [0, 0.05) is 53.7 Å². The molecule has 1 saturated heterocycles. The molecule has 0 atom stereocenters. The third-order valence-electron chi connectivity index (χ3n) is 7.10. The molecule has 0 radical (unpaired) electrons. The number of ether oxygens (including phenoxy) is 2. The standard InChI is InChI=1S/C31H30BrN3O4/c1-21-28(31(37)34-16-14-33(15-17-34)30(36)23-6-4-7-24(32)18-23)20-29(22-10-12-26(38-2)13-11-22)35(21)25-8-5-9-27(19-25)39-3/h4-13,18-20H,14-17H2,1-3H3. The van der Waals surface area contributed by atoms with E-state index in [0.717, 1.165) is 38.6 Å². The van der Waals surface area contributed by atoms with Gasteiger partial charge in [0.1, 0.15) is 11.5 Å². The van der Waals surface area contributed by atoms with Gasteiger partial charge in [0.2, 0.25) is 0 Å². The van der Waals surface area contributed by atoms with Crippen molar-refractivity contribution in [2.24, 2.45) is 0 Å². The molecule has 0 unspecified atom stereocenters.